The Morgan fingerprint density at radius 1 is 0.438 bits per heavy atom. The first-order chi connectivity index (χ1) is 7.07. The molecule has 0 bridgehead atoms. The molecule has 0 saturated carbocycles. The van der Waals surface area contributed by atoms with Gasteiger partial charge in [-0.2, -0.15) is 0 Å². The molecular weight excluding hydrogens is 251 g/mol. The van der Waals surface area contributed by atoms with Crippen molar-refractivity contribution in [1.82, 2.24) is 0 Å². The molecular formula is C10H25O5V-5. The van der Waals surface area contributed by atoms with Crippen molar-refractivity contribution in [3.63, 3.8) is 0 Å². The largest absolute Gasteiger partial charge is 0.855 e. The summed E-state index contributed by atoms with van der Waals surface area (Å²) in [5.41, 5.74) is 0. The summed E-state index contributed by atoms with van der Waals surface area (Å²) >= 11 is 0. The minimum atomic E-state index is 0. The summed E-state index contributed by atoms with van der Waals surface area (Å²) in [7, 11) is 0. The van der Waals surface area contributed by atoms with E-state index in [0.29, 0.717) is 0 Å². The molecule has 0 aromatic rings. The molecule has 0 rings (SSSR count). The van der Waals surface area contributed by atoms with E-state index in [1.54, 1.807) is 34.6 Å². The third kappa shape index (κ3) is 17400. The Hall–Kier alpha value is 0.384. The van der Waals surface area contributed by atoms with E-state index in [2.05, 4.69) is 0 Å². The van der Waals surface area contributed by atoms with Crippen LogP contribution in [-0.4, -0.2) is 33.0 Å². The molecule has 1 radical (unpaired) electrons. The SMILES string of the molecule is CC[O-].CC[O-].CC[O-].CC[O-].CC[O-].[V]. The van der Waals surface area contributed by atoms with E-state index in [1.165, 1.54) is 0 Å². The minimum absolute atomic E-state index is 0. The van der Waals surface area contributed by atoms with Gasteiger partial charge in [-0.15, -0.1) is 33.0 Å². The summed E-state index contributed by atoms with van der Waals surface area (Å²) in [5, 5.41) is 44.7. The zero-order valence-corrected chi connectivity index (χ0v) is 12.4. The molecule has 0 aliphatic rings. The maximum absolute atomic E-state index is 8.93. The second kappa shape index (κ2) is 110. The van der Waals surface area contributed by atoms with Gasteiger partial charge in [-0.3, -0.25) is 0 Å². The summed E-state index contributed by atoms with van der Waals surface area (Å²) in [6.45, 7) is 7.85. The summed E-state index contributed by atoms with van der Waals surface area (Å²) in [6.07, 6.45) is 0. The molecule has 16 heavy (non-hydrogen) atoms. The number of rotatable bonds is 0. The van der Waals surface area contributed by atoms with Gasteiger partial charge >= 0.3 is 0 Å². The second-order valence-corrected chi connectivity index (χ2v) is 1.44. The van der Waals surface area contributed by atoms with Crippen LogP contribution in [0, 0.1) is 0 Å². The molecule has 0 aliphatic carbocycles. The van der Waals surface area contributed by atoms with E-state index in [1.807, 2.05) is 0 Å². The maximum atomic E-state index is 8.93. The Balaban J connectivity index is -0.0000000192. The fraction of sp³-hybridized carbons (Fsp3) is 1.00. The molecule has 0 fully saturated rings. The van der Waals surface area contributed by atoms with Crippen molar-refractivity contribution in [3.05, 3.63) is 0 Å². The molecule has 0 aromatic carbocycles. The Kier molecular flexibility index (Phi) is 247. The molecule has 0 saturated heterocycles. The molecule has 5 nitrogen and oxygen atoms in total. The van der Waals surface area contributed by atoms with Gasteiger partial charge in [0.25, 0.3) is 0 Å². The van der Waals surface area contributed by atoms with Crippen molar-refractivity contribution in [3.8, 4) is 0 Å². The van der Waals surface area contributed by atoms with Gasteiger partial charge in [-0.25, -0.2) is 0 Å². The van der Waals surface area contributed by atoms with Crippen molar-refractivity contribution in [1.29, 1.82) is 0 Å². The van der Waals surface area contributed by atoms with Crippen LogP contribution in [-0.2, 0) is 18.6 Å². The number of hydrogen-bond donors (Lipinski definition) is 0. The molecule has 0 aliphatic heterocycles. The first-order valence-corrected chi connectivity index (χ1v) is 4.98. The van der Waals surface area contributed by atoms with Crippen molar-refractivity contribution in [2.45, 2.75) is 34.6 Å². The van der Waals surface area contributed by atoms with Gasteiger partial charge in [0, 0.05) is 18.6 Å². The zero-order valence-electron chi connectivity index (χ0n) is 11.0. The van der Waals surface area contributed by atoms with Crippen LogP contribution in [0.25, 0.3) is 0 Å². The summed E-state index contributed by atoms with van der Waals surface area (Å²) < 4.78 is 0. The van der Waals surface area contributed by atoms with E-state index in [4.69, 9.17) is 25.5 Å². The summed E-state index contributed by atoms with van der Waals surface area (Å²) in [5.74, 6) is 0. The van der Waals surface area contributed by atoms with E-state index in [-0.39, 0.29) is 51.6 Å². The summed E-state index contributed by atoms with van der Waals surface area (Å²) in [4.78, 5) is 0. The van der Waals surface area contributed by atoms with Crippen LogP contribution in [0.3, 0.4) is 0 Å². The maximum Gasteiger partial charge on any atom is 0 e. The van der Waals surface area contributed by atoms with Crippen LogP contribution in [0.4, 0.5) is 0 Å². The van der Waals surface area contributed by atoms with Crippen molar-refractivity contribution in [2.24, 2.45) is 0 Å². The summed E-state index contributed by atoms with van der Waals surface area (Å²) in [6, 6.07) is 0. The van der Waals surface area contributed by atoms with Gasteiger partial charge in [0.1, 0.15) is 0 Å². The molecule has 0 spiro atoms. The molecule has 0 atom stereocenters. The quantitative estimate of drug-likeness (QED) is 0.463. The van der Waals surface area contributed by atoms with Crippen LogP contribution >= 0.6 is 0 Å². The Morgan fingerprint density at radius 3 is 0.438 bits per heavy atom. The van der Waals surface area contributed by atoms with Crippen molar-refractivity contribution >= 4 is 0 Å². The van der Waals surface area contributed by atoms with Crippen LogP contribution in [0.5, 0.6) is 0 Å². The van der Waals surface area contributed by atoms with E-state index < -0.39 is 0 Å². The molecule has 6 heteroatoms. The predicted molar refractivity (Wildman–Crippen MR) is 52.7 cm³/mol. The standard InChI is InChI=1S/5C2H5O.V/c5*1-2-3;/h5*2H2,1H3;/q5*-1;. The minimum Gasteiger partial charge on any atom is -0.855 e. The van der Waals surface area contributed by atoms with E-state index >= 15 is 0 Å². The normalized spacial score (nSPS) is 5.62. The predicted octanol–water partition coefficient (Wildman–Crippen LogP) is -3.17. The smallest absolute Gasteiger partial charge is 0 e. The fourth-order valence-electron chi connectivity index (χ4n) is 0. The molecule has 105 valence electrons. The van der Waals surface area contributed by atoms with Gasteiger partial charge in [0.2, 0.25) is 0 Å². The third-order valence-electron chi connectivity index (χ3n) is 0. The average molecular weight is 276 g/mol. The van der Waals surface area contributed by atoms with Gasteiger partial charge in [-0.05, 0) is 0 Å². The zero-order chi connectivity index (χ0) is 13.5. The first-order valence-electron chi connectivity index (χ1n) is 4.98. The number of hydrogen-bond acceptors (Lipinski definition) is 5. The van der Waals surface area contributed by atoms with Crippen molar-refractivity contribution < 1.29 is 44.1 Å². The Bertz CT molecular complexity index is 30.8. The Labute approximate surface area is 112 Å². The fourth-order valence-corrected chi connectivity index (χ4v) is 0. The molecule has 0 aromatic heterocycles. The topological polar surface area (TPSA) is 115 Å². The molecule has 0 heterocycles. The monoisotopic (exact) mass is 276 g/mol. The van der Waals surface area contributed by atoms with E-state index in [9.17, 15) is 0 Å². The van der Waals surface area contributed by atoms with Crippen LogP contribution < -0.4 is 25.5 Å². The van der Waals surface area contributed by atoms with Gasteiger partial charge in [0.05, 0.1) is 0 Å². The van der Waals surface area contributed by atoms with Crippen molar-refractivity contribution in [2.75, 3.05) is 33.0 Å². The van der Waals surface area contributed by atoms with Gasteiger partial charge < -0.3 is 25.5 Å². The van der Waals surface area contributed by atoms with Crippen LogP contribution in [0.1, 0.15) is 34.6 Å². The van der Waals surface area contributed by atoms with Gasteiger partial charge in [-0.1, -0.05) is 34.6 Å². The van der Waals surface area contributed by atoms with E-state index in [0.717, 1.165) is 0 Å². The van der Waals surface area contributed by atoms with Crippen LogP contribution in [0.15, 0.2) is 0 Å². The third-order valence-corrected chi connectivity index (χ3v) is 0. The molecule has 0 N–H and O–H groups in total. The van der Waals surface area contributed by atoms with Gasteiger partial charge in [0.15, 0.2) is 0 Å². The average Bonchev–Trinajstić information content (AvgIpc) is 2.09. The second-order valence-electron chi connectivity index (χ2n) is 1.44. The first kappa shape index (κ1) is 36.0. The van der Waals surface area contributed by atoms with Crippen LogP contribution in [0.2, 0.25) is 0 Å². The molecule has 0 unspecified atom stereocenters. The molecule has 0 amide bonds. The Morgan fingerprint density at radius 2 is 0.438 bits per heavy atom.